The van der Waals surface area contributed by atoms with Gasteiger partial charge in [-0.05, 0) is 29.8 Å². The van der Waals surface area contributed by atoms with Crippen LogP contribution in [0.5, 0.6) is 0 Å². The first-order valence-corrected chi connectivity index (χ1v) is 9.61. The van der Waals surface area contributed by atoms with Gasteiger partial charge in [0.15, 0.2) is 0 Å². The van der Waals surface area contributed by atoms with Crippen molar-refractivity contribution in [2.75, 3.05) is 39.3 Å². The Morgan fingerprint density at radius 2 is 1.63 bits per heavy atom. The van der Waals surface area contributed by atoms with E-state index in [-0.39, 0.29) is 11.8 Å². The summed E-state index contributed by atoms with van der Waals surface area (Å²) in [7, 11) is 0. The van der Waals surface area contributed by atoms with Gasteiger partial charge in [0, 0.05) is 44.7 Å². The van der Waals surface area contributed by atoms with Gasteiger partial charge in [-0.1, -0.05) is 49.4 Å². The summed E-state index contributed by atoms with van der Waals surface area (Å²) < 4.78 is 0. The maximum Gasteiger partial charge on any atom is 0.251 e. The molecule has 2 aromatic rings. The van der Waals surface area contributed by atoms with Gasteiger partial charge in [0.1, 0.15) is 0 Å². The van der Waals surface area contributed by atoms with Crippen LogP contribution in [0.4, 0.5) is 0 Å². The van der Waals surface area contributed by atoms with E-state index >= 15 is 0 Å². The summed E-state index contributed by atoms with van der Waals surface area (Å²) in [6, 6.07) is 17.5. The molecule has 0 bridgehead atoms. The van der Waals surface area contributed by atoms with Crippen LogP contribution in [0, 0.1) is 0 Å². The molecule has 1 aliphatic heterocycles. The van der Waals surface area contributed by atoms with Crippen molar-refractivity contribution in [2.45, 2.75) is 13.3 Å². The van der Waals surface area contributed by atoms with Gasteiger partial charge in [-0.3, -0.25) is 9.59 Å². The number of rotatable bonds is 6. The smallest absolute Gasteiger partial charge is 0.251 e. The van der Waals surface area contributed by atoms with Crippen molar-refractivity contribution in [1.29, 1.82) is 0 Å². The summed E-state index contributed by atoms with van der Waals surface area (Å²) in [5, 5.41) is 2.87. The monoisotopic (exact) mass is 365 g/mol. The van der Waals surface area contributed by atoms with Crippen LogP contribution in [0.2, 0.25) is 0 Å². The topological polar surface area (TPSA) is 52.6 Å². The van der Waals surface area contributed by atoms with Crippen molar-refractivity contribution < 1.29 is 9.59 Å². The molecule has 2 amide bonds. The largest absolute Gasteiger partial charge is 0.352 e. The molecule has 2 aromatic carbocycles. The zero-order chi connectivity index (χ0) is 19.1. The lowest BCUT2D eigenvalue weighted by Crippen LogP contribution is -2.49. The van der Waals surface area contributed by atoms with E-state index in [1.54, 1.807) is 6.07 Å². The second kappa shape index (κ2) is 9.33. The van der Waals surface area contributed by atoms with Crippen molar-refractivity contribution in [2.24, 2.45) is 0 Å². The zero-order valence-electron chi connectivity index (χ0n) is 15.9. The van der Waals surface area contributed by atoms with E-state index in [0.29, 0.717) is 18.5 Å². The van der Waals surface area contributed by atoms with Crippen LogP contribution >= 0.6 is 0 Å². The van der Waals surface area contributed by atoms with Crippen LogP contribution in [0.1, 0.15) is 23.7 Å². The number of carbonyl (C=O) groups excluding carboxylic acids is 2. The number of carbonyl (C=O) groups is 2. The van der Waals surface area contributed by atoms with Gasteiger partial charge >= 0.3 is 0 Å². The standard InChI is InChI=1S/C22H27N3O2/c1-2-24-13-15-25(16-14-24)21(26)11-12-23-22(27)20-10-6-9-19(17-20)18-7-4-3-5-8-18/h3-10,17H,2,11-16H2,1H3,(H,23,27). The van der Waals surface area contributed by atoms with Crippen LogP contribution < -0.4 is 5.32 Å². The summed E-state index contributed by atoms with van der Waals surface area (Å²) in [6.07, 6.45) is 0.343. The Morgan fingerprint density at radius 1 is 0.926 bits per heavy atom. The van der Waals surface area contributed by atoms with E-state index in [9.17, 15) is 9.59 Å². The second-order valence-corrected chi connectivity index (χ2v) is 6.77. The normalized spacial score (nSPS) is 14.8. The van der Waals surface area contributed by atoms with E-state index in [1.165, 1.54) is 0 Å². The highest BCUT2D eigenvalue weighted by molar-refractivity contribution is 5.95. The zero-order valence-corrected chi connectivity index (χ0v) is 15.9. The summed E-state index contributed by atoms with van der Waals surface area (Å²) in [5.74, 6) is -0.0273. The molecule has 0 radical (unpaired) electrons. The molecule has 0 saturated carbocycles. The molecule has 27 heavy (non-hydrogen) atoms. The number of nitrogens with zero attached hydrogens (tertiary/aromatic N) is 2. The Bertz CT molecular complexity index is 768. The molecule has 0 aromatic heterocycles. The van der Waals surface area contributed by atoms with Gasteiger partial charge in [0.2, 0.25) is 5.91 Å². The third-order valence-electron chi connectivity index (χ3n) is 5.03. The first-order chi connectivity index (χ1) is 13.2. The molecule has 0 atom stereocenters. The molecule has 1 N–H and O–H groups in total. The van der Waals surface area contributed by atoms with Gasteiger partial charge in [-0.25, -0.2) is 0 Å². The van der Waals surface area contributed by atoms with Gasteiger partial charge in [0.05, 0.1) is 0 Å². The van der Waals surface area contributed by atoms with Gasteiger partial charge in [-0.15, -0.1) is 0 Å². The lowest BCUT2D eigenvalue weighted by atomic mass is 10.0. The summed E-state index contributed by atoms with van der Waals surface area (Å²) >= 11 is 0. The Labute approximate surface area is 161 Å². The fourth-order valence-corrected chi connectivity index (χ4v) is 3.33. The Hall–Kier alpha value is -2.66. The number of hydrogen-bond donors (Lipinski definition) is 1. The molecular weight excluding hydrogens is 338 g/mol. The predicted octanol–water partition coefficient (Wildman–Crippen LogP) is 2.64. The third kappa shape index (κ3) is 5.17. The molecule has 1 heterocycles. The predicted molar refractivity (Wildman–Crippen MR) is 108 cm³/mol. The molecule has 1 saturated heterocycles. The summed E-state index contributed by atoms with van der Waals surface area (Å²) in [6.45, 7) is 6.95. The van der Waals surface area contributed by atoms with Crippen molar-refractivity contribution in [1.82, 2.24) is 15.1 Å². The second-order valence-electron chi connectivity index (χ2n) is 6.77. The van der Waals surface area contributed by atoms with E-state index < -0.39 is 0 Å². The average Bonchev–Trinajstić information content (AvgIpc) is 2.74. The number of amides is 2. The molecule has 0 spiro atoms. The fraction of sp³-hybridized carbons (Fsp3) is 0.364. The highest BCUT2D eigenvalue weighted by atomic mass is 16.2. The third-order valence-corrected chi connectivity index (χ3v) is 5.03. The summed E-state index contributed by atoms with van der Waals surface area (Å²) in [5.41, 5.74) is 2.70. The lowest BCUT2D eigenvalue weighted by molar-refractivity contribution is -0.132. The quantitative estimate of drug-likeness (QED) is 0.856. The molecule has 3 rings (SSSR count). The number of likely N-dealkylation sites (N-methyl/N-ethyl adjacent to an activating group) is 1. The van der Waals surface area contributed by atoms with Crippen molar-refractivity contribution in [3.8, 4) is 11.1 Å². The first-order valence-electron chi connectivity index (χ1n) is 9.61. The minimum atomic E-state index is -0.142. The van der Waals surface area contributed by atoms with Gasteiger partial charge in [-0.2, -0.15) is 0 Å². The average molecular weight is 365 g/mol. The van der Waals surface area contributed by atoms with E-state index in [1.807, 2.05) is 53.4 Å². The van der Waals surface area contributed by atoms with Crippen LogP contribution in [-0.4, -0.2) is 60.9 Å². The molecule has 1 fully saturated rings. The van der Waals surface area contributed by atoms with Crippen LogP contribution in [0.15, 0.2) is 54.6 Å². The molecule has 1 aliphatic rings. The molecular formula is C22H27N3O2. The van der Waals surface area contributed by atoms with Crippen LogP contribution in [-0.2, 0) is 4.79 Å². The first kappa shape index (κ1) is 19.1. The van der Waals surface area contributed by atoms with Crippen molar-refractivity contribution in [3.05, 3.63) is 60.2 Å². The van der Waals surface area contributed by atoms with Gasteiger partial charge < -0.3 is 15.1 Å². The Morgan fingerprint density at radius 3 is 2.33 bits per heavy atom. The Kier molecular flexibility index (Phi) is 6.60. The highest BCUT2D eigenvalue weighted by Crippen LogP contribution is 2.19. The highest BCUT2D eigenvalue weighted by Gasteiger charge is 2.19. The molecule has 5 heteroatoms. The molecule has 142 valence electrons. The summed E-state index contributed by atoms with van der Waals surface area (Å²) in [4.78, 5) is 29.0. The number of benzene rings is 2. The number of piperazine rings is 1. The Balaban J connectivity index is 1.49. The number of nitrogens with one attached hydrogen (secondary N) is 1. The maximum atomic E-state index is 12.4. The fourth-order valence-electron chi connectivity index (χ4n) is 3.33. The molecule has 5 nitrogen and oxygen atoms in total. The number of hydrogen-bond acceptors (Lipinski definition) is 3. The van der Waals surface area contributed by atoms with Crippen LogP contribution in [0.25, 0.3) is 11.1 Å². The van der Waals surface area contributed by atoms with Crippen molar-refractivity contribution >= 4 is 11.8 Å². The minimum Gasteiger partial charge on any atom is -0.352 e. The molecule has 0 unspecified atom stereocenters. The maximum absolute atomic E-state index is 12.4. The minimum absolute atomic E-state index is 0.115. The van der Waals surface area contributed by atoms with Crippen molar-refractivity contribution in [3.63, 3.8) is 0 Å². The lowest BCUT2D eigenvalue weighted by Gasteiger charge is -2.34. The van der Waals surface area contributed by atoms with E-state index in [4.69, 9.17) is 0 Å². The SMILES string of the molecule is CCN1CCN(C(=O)CCNC(=O)c2cccc(-c3ccccc3)c2)CC1. The van der Waals surface area contributed by atoms with E-state index in [2.05, 4.69) is 17.1 Å². The van der Waals surface area contributed by atoms with Gasteiger partial charge in [0.25, 0.3) is 5.91 Å². The van der Waals surface area contributed by atoms with E-state index in [0.717, 1.165) is 43.9 Å². The van der Waals surface area contributed by atoms with Crippen LogP contribution in [0.3, 0.4) is 0 Å². The molecule has 0 aliphatic carbocycles.